The summed E-state index contributed by atoms with van der Waals surface area (Å²) in [5.74, 6) is 0. The molecule has 0 amide bonds. The Hall–Kier alpha value is -0.520. The summed E-state index contributed by atoms with van der Waals surface area (Å²) < 4.78 is 0. The van der Waals surface area contributed by atoms with Crippen LogP contribution in [0.4, 0.5) is 0 Å². The number of allylic oxidation sites excluding steroid dienone is 4. The molecule has 1 atom stereocenters. The van der Waals surface area contributed by atoms with Gasteiger partial charge < -0.3 is 0 Å². The maximum Gasteiger partial charge on any atom is -0.00979 e. The van der Waals surface area contributed by atoms with Crippen LogP contribution in [0.3, 0.4) is 0 Å². The van der Waals surface area contributed by atoms with Gasteiger partial charge in [-0.3, -0.25) is 0 Å². The Morgan fingerprint density at radius 2 is 1.87 bits per heavy atom. The van der Waals surface area contributed by atoms with Gasteiger partial charge in [-0.1, -0.05) is 29.2 Å². The van der Waals surface area contributed by atoms with Crippen molar-refractivity contribution in [2.45, 2.75) is 66.2 Å². The van der Waals surface area contributed by atoms with Gasteiger partial charge in [0.15, 0.2) is 0 Å². The van der Waals surface area contributed by atoms with E-state index in [2.05, 4.69) is 27.7 Å². The molecule has 0 spiro atoms. The molecular weight excluding hydrogens is 180 g/mol. The molecule has 2 aliphatic carbocycles. The van der Waals surface area contributed by atoms with E-state index in [1.54, 1.807) is 22.3 Å². The Balaban J connectivity index is 2.34. The van der Waals surface area contributed by atoms with E-state index in [1.807, 2.05) is 0 Å². The van der Waals surface area contributed by atoms with E-state index in [9.17, 15) is 0 Å². The third-order valence-electron chi connectivity index (χ3n) is 4.60. The zero-order chi connectivity index (χ0) is 11.1. The second-order valence-electron chi connectivity index (χ2n) is 5.95. The summed E-state index contributed by atoms with van der Waals surface area (Å²) in [6.07, 6.45) is 8.20. The first-order valence-electron chi connectivity index (χ1n) is 6.37. The normalized spacial score (nSPS) is 31.6. The molecule has 0 heteroatoms. The van der Waals surface area contributed by atoms with Crippen molar-refractivity contribution >= 4 is 0 Å². The van der Waals surface area contributed by atoms with Crippen LogP contribution < -0.4 is 0 Å². The molecule has 0 nitrogen and oxygen atoms in total. The van der Waals surface area contributed by atoms with Crippen LogP contribution in [-0.2, 0) is 0 Å². The van der Waals surface area contributed by atoms with E-state index in [-0.39, 0.29) is 0 Å². The molecule has 15 heavy (non-hydrogen) atoms. The smallest absolute Gasteiger partial charge is 0.00979 e. The summed E-state index contributed by atoms with van der Waals surface area (Å²) in [7, 11) is 0. The standard InChI is InChI=1S/C15H24/c1-11(2)13-7-9-15(4)8-5-6-12(3)14(15)10-13/h5-10H2,1-4H3/t15-/m1/s1. The first kappa shape index (κ1) is 11.0. The minimum atomic E-state index is 0.557. The third-order valence-corrected chi connectivity index (χ3v) is 4.60. The fourth-order valence-electron chi connectivity index (χ4n) is 3.36. The van der Waals surface area contributed by atoms with Gasteiger partial charge in [0.1, 0.15) is 0 Å². The van der Waals surface area contributed by atoms with Crippen molar-refractivity contribution in [2.24, 2.45) is 5.41 Å². The van der Waals surface area contributed by atoms with Crippen LogP contribution in [0.5, 0.6) is 0 Å². The highest BCUT2D eigenvalue weighted by molar-refractivity contribution is 5.33. The lowest BCUT2D eigenvalue weighted by molar-refractivity contribution is 0.279. The average Bonchev–Trinajstić information content (AvgIpc) is 2.17. The van der Waals surface area contributed by atoms with Crippen molar-refractivity contribution in [3.05, 3.63) is 22.3 Å². The number of rotatable bonds is 0. The summed E-state index contributed by atoms with van der Waals surface area (Å²) in [5.41, 5.74) is 7.31. The van der Waals surface area contributed by atoms with Gasteiger partial charge in [0.05, 0.1) is 0 Å². The quantitative estimate of drug-likeness (QED) is 0.486. The Bertz CT molecular complexity index is 326. The predicted octanol–water partition coefficient (Wildman–Crippen LogP) is 5.01. The van der Waals surface area contributed by atoms with Crippen molar-refractivity contribution in [1.82, 2.24) is 0 Å². The average molecular weight is 204 g/mol. The summed E-state index contributed by atoms with van der Waals surface area (Å²) in [4.78, 5) is 0. The molecule has 2 aliphatic rings. The van der Waals surface area contributed by atoms with Crippen LogP contribution in [-0.4, -0.2) is 0 Å². The van der Waals surface area contributed by atoms with Gasteiger partial charge in [-0.05, 0) is 64.7 Å². The molecule has 0 aliphatic heterocycles. The van der Waals surface area contributed by atoms with Gasteiger partial charge in [0.2, 0.25) is 0 Å². The van der Waals surface area contributed by atoms with E-state index >= 15 is 0 Å². The molecule has 0 aromatic rings. The molecular formula is C15H24. The topological polar surface area (TPSA) is 0 Å². The maximum atomic E-state index is 2.49. The maximum absolute atomic E-state index is 2.49. The third kappa shape index (κ3) is 1.91. The molecule has 0 aromatic carbocycles. The minimum Gasteiger partial charge on any atom is -0.0769 e. The molecule has 0 radical (unpaired) electrons. The number of fused-ring (bicyclic) bond motifs is 1. The van der Waals surface area contributed by atoms with E-state index < -0.39 is 0 Å². The van der Waals surface area contributed by atoms with Crippen LogP contribution in [0.25, 0.3) is 0 Å². The van der Waals surface area contributed by atoms with Crippen molar-refractivity contribution in [3.8, 4) is 0 Å². The first-order chi connectivity index (χ1) is 7.03. The fourth-order valence-corrected chi connectivity index (χ4v) is 3.36. The highest BCUT2D eigenvalue weighted by Crippen LogP contribution is 2.51. The van der Waals surface area contributed by atoms with Crippen molar-refractivity contribution in [1.29, 1.82) is 0 Å². The summed E-state index contributed by atoms with van der Waals surface area (Å²) in [5, 5.41) is 0. The molecule has 0 aromatic heterocycles. The highest BCUT2D eigenvalue weighted by Gasteiger charge is 2.36. The van der Waals surface area contributed by atoms with Crippen LogP contribution >= 0.6 is 0 Å². The summed E-state index contributed by atoms with van der Waals surface area (Å²) in [6, 6.07) is 0. The molecule has 2 rings (SSSR count). The number of hydrogen-bond donors (Lipinski definition) is 0. The van der Waals surface area contributed by atoms with E-state index in [0.717, 1.165) is 0 Å². The van der Waals surface area contributed by atoms with Crippen molar-refractivity contribution in [3.63, 3.8) is 0 Å². The van der Waals surface area contributed by atoms with E-state index in [4.69, 9.17) is 0 Å². The van der Waals surface area contributed by atoms with Crippen molar-refractivity contribution in [2.75, 3.05) is 0 Å². The fraction of sp³-hybridized carbons (Fsp3) is 0.733. The van der Waals surface area contributed by atoms with E-state index in [1.165, 1.54) is 38.5 Å². The molecule has 0 heterocycles. The number of hydrogen-bond acceptors (Lipinski definition) is 0. The largest absolute Gasteiger partial charge is 0.0769 e. The van der Waals surface area contributed by atoms with Crippen LogP contribution in [0, 0.1) is 5.41 Å². The monoisotopic (exact) mass is 204 g/mol. The molecule has 0 unspecified atom stereocenters. The van der Waals surface area contributed by atoms with Gasteiger partial charge in [-0.15, -0.1) is 0 Å². The van der Waals surface area contributed by atoms with Crippen LogP contribution in [0.1, 0.15) is 66.2 Å². The summed E-state index contributed by atoms with van der Waals surface area (Å²) in [6.45, 7) is 9.40. The molecule has 0 N–H and O–H groups in total. The van der Waals surface area contributed by atoms with Gasteiger partial charge >= 0.3 is 0 Å². The Labute approximate surface area is 94.5 Å². The molecule has 1 saturated carbocycles. The SMILES string of the molecule is CC(C)=C1CC[C@@]2(C)CCCC(C)=C2C1. The van der Waals surface area contributed by atoms with Crippen LogP contribution in [0.15, 0.2) is 22.3 Å². The lowest BCUT2D eigenvalue weighted by Crippen LogP contribution is -2.28. The second-order valence-corrected chi connectivity index (χ2v) is 5.95. The second kappa shape index (κ2) is 3.81. The molecule has 1 fully saturated rings. The van der Waals surface area contributed by atoms with Crippen molar-refractivity contribution < 1.29 is 0 Å². The van der Waals surface area contributed by atoms with Gasteiger partial charge in [-0.2, -0.15) is 0 Å². The van der Waals surface area contributed by atoms with Gasteiger partial charge in [0, 0.05) is 0 Å². The molecule has 0 bridgehead atoms. The highest BCUT2D eigenvalue weighted by atomic mass is 14.4. The Morgan fingerprint density at radius 3 is 2.53 bits per heavy atom. The zero-order valence-corrected chi connectivity index (χ0v) is 10.7. The van der Waals surface area contributed by atoms with Crippen LogP contribution in [0.2, 0.25) is 0 Å². The lowest BCUT2D eigenvalue weighted by atomic mass is 9.63. The minimum absolute atomic E-state index is 0.557. The zero-order valence-electron chi connectivity index (χ0n) is 10.7. The molecule has 84 valence electrons. The Morgan fingerprint density at radius 1 is 1.13 bits per heavy atom. The van der Waals surface area contributed by atoms with E-state index in [0.29, 0.717) is 5.41 Å². The summed E-state index contributed by atoms with van der Waals surface area (Å²) >= 11 is 0. The Kier molecular flexibility index (Phi) is 2.79. The molecule has 0 saturated heterocycles. The van der Waals surface area contributed by atoms with Gasteiger partial charge in [0.25, 0.3) is 0 Å². The lowest BCUT2D eigenvalue weighted by Gasteiger charge is -2.42. The predicted molar refractivity (Wildman–Crippen MR) is 66.9 cm³/mol. The first-order valence-corrected chi connectivity index (χ1v) is 6.37. The van der Waals surface area contributed by atoms with Gasteiger partial charge in [-0.25, -0.2) is 0 Å².